The van der Waals surface area contributed by atoms with E-state index < -0.39 is 63.6 Å². The molecule has 0 amide bonds. The molecule has 1 fully saturated rings. The lowest BCUT2D eigenvalue weighted by atomic mass is 9.88. The minimum atomic E-state index is -2.25. The lowest BCUT2D eigenvalue weighted by molar-refractivity contribution is -0.384. The Bertz CT molecular complexity index is 1740. The summed E-state index contributed by atoms with van der Waals surface area (Å²) in [6.45, 7) is 26.6. The number of epoxide rings is 1. The maximum atomic E-state index is 13.9. The van der Waals surface area contributed by atoms with E-state index in [1.807, 2.05) is 32.1 Å². The molecule has 0 aliphatic carbocycles. The molecule has 0 spiro atoms. The SMILES string of the molecule is CC[C@H](O[Si](CC)(CC)CC)[C@@H](C)[C@H]1O[C@@H]1C[C@H](C)/C=C/C=C(\C)[C@H]1OC(=O)C[C@H](O[Si](CC)(CC)CC)CC[C@@](C)(OC(=O)Oc2ccc([N+](=O)[O-])cc2)[C@@H](OC(C)=O)/C=C/[C@@H]1C. The predicted octanol–water partition coefficient (Wildman–Crippen LogP) is 12.2. The number of carbonyl (C=O) groups excluding carboxylic acids is 3. The van der Waals surface area contributed by atoms with Crippen molar-refractivity contribution >= 4 is 40.4 Å². The van der Waals surface area contributed by atoms with Crippen molar-refractivity contribution in [3.05, 3.63) is 70.3 Å². The van der Waals surface area contributed by atoms with Gasteiger partial charge in [0.25, 0.3) is 5.69 Å². The van der Waals surface area contributed by atoms with Crippen molar-refractivity contribution in [3.63, 3.8) is 0 Å². The van der Waals surface area contributed by atoms with Gasteiger partial charge in [-0.2, -0.15) is 0 Å². The highest BCUT2D eigenvalue weighted by atomic mass is 28.4. The predicted molar refractivity (Wildman–Crippen MR) is 255 cm³/mol. The van der Waals surface area contributed by atoms with Crippen LogP contribution in [-0.2, 0) is 37.4 Å². The van der Waals surface area contributed by atoms with Crippen molar-refractivity contribution < 1.29 is 51.8 Å². The Balaban J connectivity index is 1.89. The van der Waals surface area contributed by atoms with E-state index in [1.54, 1.807) is 13.0 Å². The molecule has 13 nitrogen and oxygen atoms in total. The molecule has 64 heavy (non-hydrogen) atoms. The van der Waals surface area contributed by atoms with Crippen LogP contribution in [0.1, 0.15) is 122 Å². The van der Waals surface area contributed by atoms with E-state index in [-0.39, 0.29) is 60.8 Å². The molecule has 10 atom stereocenters. The van der Waals surface area contributed by atoms with Gasteiger partial charge >= 0.3 is 18.1 Å². The standard InChI is InChI=1S/C49H79NO12Si2/c1-14-42(62-64(18-5,19-6)20-7)37(11)47-43(58-47)32-34(8)22-21-23-35(9)46-36(10)24-29-44(56-38(12)51)49(13,60-48(53)57-40-27-25-39(26-28-40)50(54)55)31-30-41(33-45(52)59-46)61-63(15-2,16-3)17-4/h21-29,34,36-37,41-44,46-47H,14-20,30-33H2,1-13H3/b22-21+,29-24+,35-23+/t34-,36+,37-,41-,42+,43-,44+,46-,47-,49-/m1/s1. The van der Waals surface area contributed by atoms with Crippen LogP contribution in [0.25, 0.3) is 0 Å². The number of hydrogen-bond acceptors (Lipinski definition) is 12. The Kier molecular flexibility index (Phi) is 21.6. The van der Waals surface area contributed by atoms with Crippen molar-refractivity contribution in [2.45, 2.75) is 201 Å². The zero-order valence-electron chi connectivity index (χ0n) is 41.0. The van der Waals surface area contributed by atoms with Crippen LogP contribution in [-0.4, -0.2) is 81.9 Å². The summed E-state index contributed by atoms with van der Waals surface area (Å²) in [6, 6.07) is 11.0. The molecule has 3 rings (SSSR count). The average molecular weight is 930 g/mol. The molecule has 0 N–H and O–H groups in total. The summed E-state index contributed by atoms with van der Waals surface area (Å²) in [6.07, 6.45) is 9.10. The second-order valence-corrected chi connectivity index (χ2v) is 27.7. The number of hydrogen-bond donors (Lipinski definition) is 0. The fourth-order valence-corrected chi connectivity index (χ4v) is 14.9. The number of esters is 2. The third-order valence-corrected chi connectivity index (χ3v) is 23.2. The number of nitrogens with zero attached hydrogens (tertiary/aromatic N) is 1. The average Bonchev–Trinajstić information content (AvgIpc) is 4.04. The third-order valence-electron chi connectivity index (χ3n) is 13.8. The first-order valence-corrected chi connectivity index (χ1v) is 28.9. The van der Waals surface area contributed by atoms with Gasteiger partial charge < -0.3 is 32.5 Å². The molecular weight excluding hydrogens is 851 g/mol. The minimum absolute atomic E-state index is 0.0210. The summed E-state index contributed by atoms with van der Waals surface area (Å²) >= 11 is 0. The van der Waals surface area contributed by atoms with Crippen molar-refractivity contribution in [2.24, 2.45) is 17.8 Å². The molecule has 0 bridgehead atoms. The highest BCUT2D eigenvalue weighted by Gasteiger charge is 2.47. The number of allylic oxidation sites excluding steroid dienone is 3. The molecule has 15 heteroatoms. The summed E-state index contributed by atoms with van der Waals surface area (Å²) in [5.74, 6) is -0.771. The van der Waals surface area contributed by atoms with E-state index in [0.29, 0.717) is 5.92 Å². The van der Waals surface area contributed by atoms with E-state index in [2.05, 4.69) is 68.4 Å². The van der Waals surface area contributed by atoms with Crippen LogP contribution in [0.5, 0.6) is 5.75 Å². The molecule has 1 aromatic rings. The van der Waals surface area contributed by atoms with Gasteiger partial charge in [0.15, 0.2) is 28.3 Å². The Labute approximate surface area is 385 Å². The highest BCUT2D eigenvalue weighted by molar-refractivity contribution is 6.74. The Hall–Kier alpha value is -3.64. The molecule has 1 aromatic carbocycles. The van der Waals surface area contributed by atoms with Gasteiger partial charge in [-0.05, 0) is 105 Å². The number of rotatable bonds is 22. The second-order valence-electron chi connectivity index (χ2n) is 18.2. The first-order chi connectivity index (χ1) is 30.3. The summed E-state index contributed by atoms with van der Waals surface area (Å²) in [5, 5.41) is 11.2. The Morgan fingerprint density at radius 2 is 1.56 bits per heavy atom. The third kappa shape index (κ3) is 15.8. The number of ether oxygens (including phenoxy) is 5. The fourth-order valence-electron chi connectivity index (χ4n) is 8.95. The largest absolute Gasteiger partial charge is 0.514 e. The normalized spacial score (nSPS) is 26.7. The van der Waals surface area contributed by atoms with Gasteiger partial charge in [0.05, 0.1) is 29.7 Å². The van der Waals surface area contributed by atoms with Crippen molar-refractivity contribution in [1.29, 1.82) is 0 Å². The molecule has 0 radical (unpaired) electrons. The van der Waals surface area contributed by atoms with E-state index >= 15 is 0 Å². The van der Waals surface area contributed by atoms with Crippen molar-refractivity contribution in [3.8, 4) is 5.75 Å². The van der Waals surface area contributed by atoms with Gasteiger partial charge in [-0.1, -0.05) is 93.5 Å². The fraction of sp³-hybridized carbons (Fsp3) is 0.694. The summed E-state index contributed by atoms with van der Waals surface area (Å²) in [5.41, 5.74) is -0.814. The van der Waals surface area contributed by atoms with Crippen LogP contribution in [0.15, 0.2) is 60.2 Å². The highest BCUT2D eigenvalue weighted by Crippen LogP contribution is 2.39. The van der Waals surface area contributed by atoms with Gasteiger partial charge in [-0.3, -0.25) is 19.7 Å². The second kappa shape index (κ2) is 25.3. The zero-order chi connectivity index (χ0) is 47.8. The van der Waals surface area contributed by atoms with E-state index in [4.69, 9.17) is 32.5 Å². The minimum Gasteiger partial charge on any atom is -0.457 e. The first kappa shape index (κ1) is 54.7. The molecule has 2 aliphatic heterocycles. The monoisotopic (exact) mass is 930 g/mol. The molecule has 0 unspecified atom stereocenters. The lowest BCUT2D eigenvalue weighted by Crippen LogP contribution is -2.47. The molecular formula is C49H79NO12Si2. The quantitative estimate of drug-likeness (QED) is 0.0125. The molecule has 1 saturated heterocycles. The zero-order valence-corrected chi connectivity index (χ0v) is 43.0. The molecule has 0 saturated carbocycles. The summed E-state index contributed by atoms with van der Waals surface area (Å²) < 4.78 is 43.7. The van der Waals surface area contributed by atoms with Crippen LogP contribution in [0.4, 0.5) is 10.5 Å². The van der Waals surface area contributed by atoms with Crippen LogP contribution < -0.4 is 4.74 Å². The molecule has 2 aliphatic rings. The van der Waals surface area contributed by atoms with Crippen LogP contribution >= 0.6 is 0 Å². The topological polar surface area (TPSA) is 162 Å². The number of non-ortho nitro benzene ring substituents is 1. The number of nitro benzene ring substituents is 1. The maximum Gasteiger partial charge on any atom is 0.514 e. The summed E-state index contributed by atoms with van der Waals surface area (Å²) in [7, 11) is -3.99. The number of cyclic esters (lactones) is 1. The van der Waals surface area contributed by atoms with Crippen LogP contribution in [0.3, 0.4) is 0 Å². The number of benzene rings is 1. The molecule has 0 aromatic heterocycles. The molecule has 360 valence electrons. The smallest absolute Gasteiger partial charge is 0.457 e. The van der Waals surface area contributed by atoms with E-state index in [9.17, 15) is 24.5 Å². The Morgan fingerprint density at radius 1 is 0.953 bits per heavy atom. The van der Waals surface area contributed by atoms with E-state index in [1.165, 1.54) is 31.2 Å². The van der Waals surface area contributed by atoms with Gasteiger partial charge in [-0.25, -0.2) is 4.79 Å². The number of nitro groups is 1. The van der Waals surface area contributed by atoms with Gasteiger partial charge in [0, 0.05) is 37.0 Å². The first-order valence-electron chi connectivity index (χ1n) is 23.8. The molecule has 2 heterocycles. The van der Waals surface area contributed by atoms with Crippen LogP contribution in [0, 0.1) is 27.9 Å². The van der Waals surface area contributed by atoms with Gasteiger partial charge in [0.1, 0.15) is 11.9 Å². The summed E-state index contributed by atoms with van der Waals surface area (Å²) in [4.78, 5) is 50.6. The van der Waals surface area contributed by atoms with Crippen molar-refractivity contribution in [2.75, 3.05) is 0 Å². The lowest BCUT2D eigenvalue weighted by Gasteiger charge is -2.38. The van der Waals surface area contributed by atoms with E-state index in [0.717, 1.165) is 54.7 Å². The van der Waals surface area contributed by atoms with Crippen molar-refractivity contribution in [1.82, 2.24) is 0 Å². The maximum absolute atomic E-state index is 13.9. The van der Waals surface area contributed by atoms with Gasteiger partial charge in [-0.15, -0.1) is 0 Å². The Morgan fingerprint density at radius 3 is 2.11 bits per heavy atom. The number of carbonyl (C=O) groups is 3. The van der Waals surface area contributed by atoms with Crippen LogP contribution in [0.2, 0.25) is 36.3 Å². The van der Waals surface area contributed by atoms with Gasteiger partial charge in [0.2, 0.25) is 0 Å².